The molecular formula is C12H12N6S. The number of hydrogen-bond acceptors (Lipinski definition) is 6. The van der Waals surface area contributed by atoms with E-state index in [0.717, 1.165) is 10.9 Å². The zero-order chi connectivity index (χ0) is 13.2. The summed E-state index contributed by atoms with van der Waals surface area (Å²) in [6.45, 7) is 0. The molecule has 0 aliphatic carbocycles. The first-order valence-corrected chi connectivity index (χ1v) is 6.87. The number of nitrogens with one attached hydrogen (secondary N) is 1. The summed E-state index contributed by atoms with van der Waals surface area (Å²) in [6, 6.07) is 9.73. The van der Waals surface area contributed by atoms with Crippen molar-refractivity contribution >= 4 is 28.5 Å². The first kappa shape index (κ1) is 11.9. The molecule has 1 aromatic carbocycles. The lowest BCUT2D eigenvalue weighted by molar-refractivity contribution is 0.828. The van der Waals surface area contributed by atoms with Crippen LogP contribution >= 0.6 is 11.8 Å². The first-order valence-electron chi connectivity index (χ1n) is 5.64. The SMILES string of the molecule is CSc1nc(NN)cc(-n2ncc3ccccc32)n1. The summed E-state index contributed by atoms with van der Waals surface area (Å²) in [5.74, 6) is 6.68. The lowest BCUT2D eigenvalue weighted by Gasteiger charge is -2.07. The Morgan fingerprint density at radius 1 is 1.26 bits per heavy atom. The second-order valence-electron chi connectivity index (χ2n) is 3.86. The second kappa shape index (κ2) is 4.87. The van der Waals surface area contributed by atoms with Crippen LogP contribution in [0.25, 0.3) is 16.7 Å². The van der Waals surface area contributed by atoms with E-state index >= 15 is 0 Å². The van der Waals surface area contributed by atoms with E-state index < -0.39 is 0 Å². The summed E-state index contributed by atoms with van der Waals surface area (Å²) in [5, 5.41) is 6.07. The van der Waals surface area contributed by atoms with Crippen LogP contribution in [-0.4, -0.2) is 26.0 Å². The van der Waals surface area contributed by atoms with Gasteiger partial charge in [-0.05, 0) is 12.3 Å². The minimum atomic E-state index is 0.564. The molecule has 2 aromatic heterocycles. The number of aromatic nitrogens is 4. The maximum Gasteiger partial charge on any atom is 0.191 e. The highest BCUT2D eigenvalue weighted by Crippen LogP contribution is 2.20. The Morgan fingerprint density at radius 2 is 2.11 bits per heavy atom. The van der Waals surface area contributed by atoms with Gasteiger partial charge in [0.1, 0.15) is 5.82 Å². The summed E-state index contributed by atoms with van der Waals surface area (Å²) in [4.78, 5) is 8.68. The Balaban J connectivity index is 2.20. The highest BCUT2D eigenvalue weighted by atomic mass is 32.2. The van der Waals surface area contributed by atoms with E-state index in [1.54, 1.807) is 10.7 Å². The predicted molar refractivity (Wildman–Crippen MR) is 76.3 cm³/mol. The monoisotopic (exact) mass is 272 g/mol. The fourth-order valence-electron chi connectivity index (χ4n) is 1.84. The largest absolute Gasteiger partial charge is 0.308 e. The zero-order valence-corrected chi connectivity index (χ0v) is 11.1. The first-order chi connectivity index (χ1) is 9.31. The number of anilines is 1. The molecule has 96 valence electrons. The number of benzene rings is 1. The third kappa shape index (κ3) is 2.13. The molecule has 0 spiro atoms. The van der Waals surface area contributed by atoms with Crippen molar-refractivity contribution in [3.05, 3.63) is 36.5 Å². The van der Waals surface area contributed by atoms with Crippen molar-refractivity contribution in [2.24, 2.45) is 5.84 Å². The number of nitrogens with zero attached hydrogens (tertiary/aromatic N) is 4. The molecule has 0 aliphatic rings. The van der Waals surface area contributed by atoms with Crippen molar-refractivity contribution in [1.29, 1.82) is 0 Å². The maximum atomic E-state index is 5.43. The summed E-state index contributed by atoms with van der Waals surface area (Å²) in [5.41, 5.74) is 3.54. The summed E-state index contributed by atoms with van der Waals surface area (Å²) >= 11 is 1.46. The van der Waals surface area contributed by atoms with E-state index in [-0.39, 0.29) is 0 Å². The Kier molecular flexibility index (Phi) is 3.06. The molecule has 0 saturated carbocycles. The summed E-state index contributed by atoms with van der Waals surface area (Å²) < 4.78 is 1.78. The molecule has 0 unspecified atom stereocenters. The molecule has 0 atom stereocenters. The predicted octanol–water partition coefficient (Wildman–Crippen LogP) is 1.82. The summed E-state index contributed by atoms with van der Waals surface area (Å²) in [6.07, 6.45) is 3.73. The molecule has 6 nitrogen and oxygen atoms in total. The molecule has 0 fully saturated rings. The van der Waals surface area contributed by atoms with Gasteiger partial charge in [0.05, 0.1) is 11.7 Å². The van der Waals surface area contributed by atoms with Crippen molar-refractivity contribution in [2.45, 2.75) is 5.16 Å². The van der Waals surface area contributed by atoms with Gasteiger partial charge in [-0.3, -0.25) is 0 Å². The third-order valence-electron chi connectivity index (χ3n) is 2.72. The van der Waals surface area contributed by atoms with Crippen LogP contribution in [0.5, 0.6) is 0 Å². The maximum absolute atomic E-state index is 5.43. The molecule has 2 heterocycles. The van der Waals surface area contributed by atoms with Gasteiger partial charge in [-0.2, -0.15) is 5.10 Å². The van der Waals surface area contributed by atoms with E-state index in [2.05, 4.69) is 20.5 Å². The van der Waals surface area contributed by atoms with Gasteiger partial charge in [0.2, 0.25) is 0 Å². The van der Waals surface area contributed by atoms with Crippen molar-refractivity contribution in [2.75, 3.05) is 11.7 Å². The molecule has 0 amide bonds. The van der Waals surface area contributed by atoms with Gasteiger partial charge >= 0.3 is 0 Å². The van der Waals surface area contributed by atoms with Gasteiger partial charge in [0.15, 0.2) is 11.0 Å². The third-order valence-corrected chi connectivity index (χ3v) is 3.26. The van der Waals surface area contributed by atoms with Crippen molar-refractivity contribution in [1.82, 2.24) is 19.7 Å². The minimum absolute atomic E-state index is 0.564. The smallest absolute Gasteiger partial charge is 0.191 e. The fourth-order valence-corrected chi connectivity index (χ4v) is 2.22. The van der Waals surface area contributed by atoms with E-state index in [4.69, 9.17) is 5.84 Å². The van der Waals surface area contributed by atoms with Crippen LogP contribution in [0.15, 0.2) is 41.7 Å². The number of nitrogens with two attached hydrogens (primary N) is 1. The normalized spacial score (nSPS) is 10.8. The van der Waals surface area contributed by atoms with Crippen LogP contribution in [-0.2, 0) is 0 Å². The number of hydrogen-bond donors (Lipinski definition) is 2. The average molecular weight is 272 g/mol. The van der Waals surface area contributed by atoms with Gasteiger partial charge < -0.3 is 5.43 Å². The van der Waals surface area contributed by atoms with Crippen LogP contribution in [0.1, 0.15) is 0 Å². The molecule has 3 N–H and O–H groups in total. The highest BCUT2D eigenvalue weighted by Gasteiger charge is 2.09. The summed E-state index contributed by atoms with van der Waals surface area (Å²) in [7, 11) is 0. The van der Waals surface area contributed by atoms with E-state index in [1.807, 2.05) is 36.7 Å². The van der Waals surface area contributed by atoms with Crippen LogP contribution in [0, 0.1) is 0 Å². The molecule has 0 saturated heterocycles. The Bertz CT molecular complexity index is 701. The van der Waals surface area contributed by atoms with E-state index in [1.165, 1.54) is 11.8 Å². The van der Waals surface area contributed by atoms with Crippen LogP contribution in [0.4, 0.5) is 5.82 Å². The topological polar surface area (TPSA) is 81.6 Å². The van der Waals surface area contributed by atoms with Gasteiger partial charge in [-0.1, -0.05) is 30.0 Å². The average Bonchev–Trinajstić information content (AvgIpc) is 2.90. The van der Waals surface area contributed by atoms with Gasteiger partial charge in [0.25, 0.3) is 0 Å². The van der Waals surface area contributed by atoms with Gasteiger partial charge in [-0.15, -0.1) is 0 Å². The molecule has 0 aliphatic heterocycles. The quantitative estimate of drug-likeness (QED) is 0.327. The molecule has 19 heavy (non-hydrogen) atoms. The molecule has 0 radical (unpaired) electrons. The number of nitrogen functional groups attached to an aromatic ring is 1. The van der Waals surface area contributed by atoms with Crippen molar-refractivity contribution in [3.63, 3.8) is 0 Å². The van der Waals surface area contributed by atoms with Crippen LogP contribution in [0.2, 0.25) is 0 Å². The van der Waals surface area contributed by atoms with Crippen LogP contribution in [0.3, 0.4) is 0 Å². The van der Waals surface area contributed by atoms with Crippen molar-refractivity contribution < 1.29 is 0 Å². The number of para-hydroxylation sites is 1. The number of rotatable bonds is 3. The van der Waals surface area contributed by atoms with E-state index in [0.29, 0.717) is 16.8 Å². The molecular weight excluding hydrogens is 260 g/mol. The zero-order valence-electron chi connectivity index (χ0n) is 10.2. The Morgan fingerprint density at radius 3 is 2.89 bits per heavy atom. The standard InChI is InChI=1S/C12H12N6S/c1-19-12-15-10(17-13)6-11(16-12)18-9-5-3-2-4-8(9)7-14-18/h2-7H,13H2,1H3,(H,15,16,17). The molecule has 3 aromatic rings. The molecule has 3 rings (SSSR count). The van der Waals surface area contributed by atoms with Crippen LogP contribution < -0.4 is 11.3 Å². The Hall–Kier alpha value is -2.12. The van der Waals surface area contributed by atoms with Gasteiger partial charge in [0, 0.05) is 11.5 Å². The fraction of sp³-hybridized carbons (Fsp3) is 0.0833. The van der Waals surface area contributed by atoms with Gasteiger partial charge in [-0.25, -0.2) is 20.5 Å². The van der Waals surface area contributed by atoms with Crippen molar-refractivity contribution in [3.8, 4) is 5.82 Å². The Labute approximate surface area is 114 Å². The number of hydrazine groups is 1. The minimum Gasteiger partial charge on any atom is -0.308 e. The second-order valence-corrected chi connectivity index (χ2v) is 4.63. The molecule has 7 heteroatoms. The van der Waals surface area contributed by atoms with E-state index in [9.17, 15) is 0 Å². The number of thioether (sulfide) groups is 1. The lowest BCUT2D eigenvalue weighted by atomic mass is 10.2. The number of fused-ring (bicyclic) bond motifs is 1. The molecule has 0 bridgehead atoms. The lowest BCUT2D eigenvalue weighted by Crippen LogP contribution is -2.11. The highest BCUT2D eigenvalue weighted by molar-refractivity contribution is 7.98.